The molecule has 0 saturated carbocycles. The standard InChI is InChI=1S/C5H4N.2CH3.ClH.Sn/c1-2-4-6-5-3-1;;;;/h1-2,4-5H;2*1H3;1H;/q;;;;+1/p-1. The van der Waals surface area contributed by atoms with Gasteiger partial charge in [-0.3, -0.25) is 0 Å². The van der Waals surface area contributed by atoms with Crippen molar-refractivity contribution in [3.63, 3.8) is 0 Å². The Balaban J connectivity index is 2.97. The second kappa shape index (κ2) is 3.09. The Morgan fingerprint density at radius 1 is 1.50 bits per heavy atom. The topological polar surface area (TPSA) is 12.9 Å². The third kappa shape index (κ3) is 2.13. The first-order chi connectivity index (χ1) is 4.61. The maximum absolute atomic E-state index is 6.23. The van der Waals surface area contributed by atoms with Crippen molar-refractivity contribution in [2.45, 2.75) is 9.88 Å². The van der Waals surface area contributed by atoms with E-state index < -0.39 is 17.3 Å². The molecule has 0 aromatic carbocycles. The predicted octanol–water partition coefficient (Wildman–Crippen LogP) is 1.73. The Bertz CT molecular complexity index is 205. The number of hydrogen-bond donors (Lipinski definition) is 0. The number of nitrogens with zero attached hydrogens (tertiary/aromatic N) is 1. The molecule has 1 heterocycles. The molecule has 54 valence electrons. The van der Waals surface area contributed by atoms with Gasteiger partial charge in [0.25, 0.3) is 0 Å². The van der Waals surface area contributed by atoms with Crippen LogP contribution >= 0.6 is 8.92 Å². The molecule has 0 atom stereocenters. The van der Waals surface area contributed by atoms with Crippen LogP contribution in [0.1, 0.15) is 0 Å². The van der Waals surface area contributed by atoms with Crippen molar-refractivity contribution in [1.82, 2.24) is 4.98 Å². The summed E-state index contributed by atoms with van der Waals surface area (Å²) in [5.41, 5.74) is 0. The molecule has 1 rings (SSSR count). The normalized spacial score (nSPS) is 11.5. The predicted molar refractivity (Wildman–Crippen MR) is 47.2 cm³/mol. The number of hydrogen-bond acceptors (Lipinski definition) is 1. The average molecular weight is 262 g/mol. The molecule has 1 aromatic rings. The first-order valence-corrected chi connectivity index (χ1v) is 13.9. The van der Waals surface area contributed by atoms with Crippen molar-refractivity contribution in [2.75, 3.05) is 0 Å². The van der Waals surface area contributed by atoms with Crippen LogP contribution in [0.25, 0.3) is 0 Å². The SMILES string of the molecule is [CH3][Sn]([CH3])([Cl])[c]1cccnc1. The molecule has 1 aromatic heterocycles. The van der Waals surface area contributed by atoms with Crippen LogP contribution in [0.3, 0.4) is 0 Å². The van der Waals surface area contributed by atoms with E-state index >= 15 is 0 Å². The Morgan fingerprint density at radius 3 is 2.50 bits per heavy atom. The molecule has 0 amide bonds. The number of aromatic nitrogens is 1. The van der Waals surface area contributed by atoms with Crippen LogP contribution in [0.2, 0.25) is 9.88 Å². The van der Waals surface area contributed by atoms with Crippen molar-refractivity contribution < 1.29 is 0 Å². The van der Waals surface area contributed by atoms with E-state index in [0.29, 0.717) is 0 Å². The van der Waals surface area contributed by atoms with Crippen LogP contribution < -0.4 is 3.58 Å². The Labute approximate surface area is 69.0 Å². The van der Waals surface area contributed by atoms with E-state index in [0.717, 1.165) is 0 Å². The van der Waals surface area contributed by atoms with E-state index in [2.05, 4.69) is 20.9 Å². The van der Waals surface area contributed by atoms with Crippen molar-refractivity contribution in [3.8, 4) is 0 Å². The molecule has 0 unspecified atom stereocenters. The quantitative estimate of drug-likeness (QED) is 0.702. The van der Waals surface area contributed by atoms with E-state index in [1.54, 1.807) is 6.20 Å². The van der Waals surface area contributed by atoms with Gasteiger partial charge in [0.05, 0.1) is 0 Å². The second-order valence-corrected chi connectivity index (χ2v) is 19.1. The average Bonchev–Trinajstić information content (AvgIpc) is 1.88. The third-order valence-electron chi connectivity index (χ3n) is 1.35. The van der Waals surface area contributed by atoms with Gasteiger partial charge in [0, 0.05) is 0 Å². The molecular weight excluding hydrogens is 252 g/mol. The molecule has 3 heteroatoms. The van der Waals surface area contributed by atoms with Crippen molar-refractivity contribution in [3.05, 3.63) is 24.5 Å². The molecule has 1 nitrogen and oxygen atoms in total. The Hall–Kier alpha value is 0.239. The van der Waals surface area contributed by atoms with Gasteiger partial charge in [0.15, 0.2) is 0 Å². The molecule has 0 N–H and O–H groups in total. The van der Waals surface area contributed by atoms with Gasteiger partial charge >= 0.3 is 69.1 Å². The molecular formula is C7H10ClNSn. The van der Waals surface area contributed by atoms with Crippen molar-refractivity contribution >= 4 is 29.8 Å². The van der Waals surface area contributed by atoms with E-state index in [4.69, 9.17) is 8.92 Å². The molecule has 0 aliphatic rings. The van der Waals surface area contributed by atoms with Gasteiger partial charge in [-0.15, -0.1) is 0 Å². The summed E-state index contributed by atoms with van der Waals surface area (Å²) in [5.74, 6) is 0. The zero-order chi connectivity index (χ0) is 7.61. The molecule has 0 aliphatic heterocycles. The minimum absolute atomic E-state index is 1.26. The summed E-state index contributed by atoms with van der Waals surface area (Å²) in [6.45, 7) is 0. The Kier molecular flexibility index (Phi) is 2.58. The van der Waals surface area contributed by atoms with E-state index in [9.17, 15) is 0 Å². The van der Waals surface area contributed by atoms with Crippen molar-refractivity contribution in [1.29, 1.82) is 0 Å². The number of rotatable bonds is 1. The summed E-state index contributed by atoms with van der Waals surface area (Å²) in [6.07, 6.45) is 3.65. The molecule has 0 aliphatic carbocycles. The summed E-state index contributed by atoms with van der Waals surface area (Å²) in [6, 6.07) is 4.01. The van der Waals surface area contributed by atoms with Gasteiger partial charge in [-0.05, 0) is 0 Å². The molecule has 0 spiro atoms. The van der Waals surface area contributed by atoms with Crippen LogP contribution in [0.4, 0.5) is 0 Å². The van der Waals surface area contributed by atoms with Gasteiger partial charge in [-0.1, -0.05) is 0 Å². The number of halogens is 1. The monoisotopic (exact) mass is 263 g/mol. The van der Waals surface area contributed by atoms with Crippen LogP contribution in [-0.2, 0) is 0 Å². The molecule has 0 bridgehead atoms. The Morgan fingerprint density at radius 2 is 2.20 bits per heavy atom. The fourth-order valence-corrected chi connectivity index (χ4v) is 3.96. The van der Waals surface area contributed by atoms with Crippen LogP contribution in [0, 0.1) is 0 Å². The van der Waals surface area contributed by atoms with Crippen molar-refractivity contribution in [2.24, 2.45) is 0 Å². The minimum atomic E-state index is -2.30. The van der Waals surface area contributed by atoms with Gasteiger partial charge in [-0.25, -0.2) is 0 Å². The zero-order valence-corrected chi connectivity index (χ0v) is 9.74. The molecule has 0 saturated heterocycles. The van der Waals surface area contributed by atoms with E-state index in [-0.39, 0.29) is 0 Å². The van der Waals surface area contributed by atoms with Gasteiger partial charge in [0.2, 0.25) is 0 Å². The first-order valence-electron chi connectivity index (χ1n) is 3.20. The fraction of sp³-hybridized carbons (Fsp3) is 0.286. The van der Waals surface area contributed by atoms with Crippen LogP contribution in [0.15, 0.2) is 24.5 Å². The summed E-state index contributed by atoms with van der Waals surface area (Å²) < 4.78 is 1.26. The summed E-state index contributed by atoms with van der Waals surface area (Å²) >= 11 is -2.30. The fourth-order valence-electron chi connectivity index (χ4n) is 0.714. The number of pyridine rings is 1. The van der Waals surface area contributed by atoms with Gasteiger partial charge < -0.3 is 0 Å². The summed E-state index contributed by atoms with van der Waals surface area (Å²) in [7, 11) is 6.23. The molecule has 0 radical (unpaired) electrons. The zero-order valence-electron chi connectivity index (χ0n) is 6.13. The van der Waals surface area contributed by atoms with Gasteiger partial charge in [-0.2, -0.15) is 0 Å². The second-order valence-electron chi connectivity index (χ2n) is 2.71. The molecule has 10 heavy (non-hydrogen) atoms. The first kappa shape index (κ1) is 8.34. The molecule has 0 fully saturated rings. The van der Waals surface area contributed by atoms with Crippen LogP contribution in [-0.4, -0.2) is 22.2 Å². The summed E-state index contributed by atoms with van der Waals surface area (Å²) in [4.78, 5) is 8.34. The van der Waals surface area contributed by atoms with Gasteiger partial charge in [0.1, 0.15) is 0 Å². The van der Waals surface area contributed by atoms with E-state index in [1.165, 1.54) is 3.58 Å². The third-order valence-corrected chi connectivity index (χ3v) is 7.57. The van der Waals surface area contributed by atoms with E-state index in [1.807, 2.05) is 12.3 Å². The summed E-state index contributed by atoms with van der Waals surface area (Å²) in [5, 5.41) is 0. The van der Waals surface area contributed by atoms with Crippen LogP contribution in [0.5, 0.6) is 0 Å². The maximum atomic E-state index is 6.23.